The quantitative estimate of drug-likeness (QED) is 0.583. The Morgan fingerprint density at radius 1 is 0.857 bits per heavy atom. The maximum atomic E-state index is 5.99. The van der Waals surface area contributed by atoms with Gasteiger partial charge in [0.25, 0.3) is 0 Å². The van der Waals surface area contributed by atoms with Crippen molar-refractivity contribution in [2.45, 2.75) is 0 Å². The lowest BCUT2D eigenvalue weighted by Gasteiger charge is -2.14. The molecule has 146 valence electrons. The minimum Gasteiger partial charge on any atom is -0.493 e. The van der Waals surface area contributed by atoms with E-state index in [9.17, 15) is 0 Å². The van der Waals surface area contributed by atoms with Crippen molar-refractivity contribution in [2.75, 3.05) is 26.6 Å². The fraction of sp³-hybridized carbons (Fsp3) is 0.167. The van der Waals surface area contributed by atoms with E-state index in [-0.39, 0.29) is 12.0 Å². The van der Waals surface area contributed by atoms with Crippen LogP contribution in [0.2, 0.25) is 10.0 Å². The van der Waals surface area contributed by atoms with Gasteiger partial charge in [-0.15, -0.1) is 0 Å². The Hall–Kier alpha value is -2.97. The van der Waals surface area contributed by atoms with Crippen LogP contribution in [0, 0.1) is 0 Å². The lowest BCUT2D eigenvalue weighted by molar-refractivity contribution is 0.324. The Bertz CT molecular complexity index is 963. The van der Waals surface area contributed by atoms with Crippen molar-refractivity contribution in [1.29, 1.82) is 0 Å². The summed E-state index contributed by atoms with van der Waals surface area (Å²) in [5, 5.41) is 3.84. The molecule has 0 amide bonds. The molecule has 0 spiro atoms. The highest BCUT2D eigenvalue weighted by atomic mass is 35.5. The first-order valence-electron chi connectivity index (χ1n) is 7.93. The topological polar surface area (TPSA) is 87.6 Å². The van der Waals surface area contributed by atoms with Gasteiger partial charge < -0.3 is 24.3 Å². The lowest BCUT2D eigenvalue weighted by atomic mass is 10.2. The van der Waals surface area contributed by atoms with Crippen LogP contribution in [-0.2, 0) is 0 Å². The summed E-state index contributed by atoms with van der Waals surface area (Å²) in [5.74, 6) is 2.17. The SMILES string of the molecule is COc1cc(Nc2ncnc(Oc3ccc(Cl)c(Cl)c3)n2)cc(OC)c1OC. The van der Waals surface area contributed by atoms with Crippen LogP contribution < -0.4 is 24.3 Å². The van der Waals surface area contributed by atoms with Crippen molar-refractivity contribution < 1.29 is 18.9 Å². The molecule has 0 aliphatic heterocycles. The van der Waals surface area contributed by atoms with Crippen LogP contribution in [0.3, 0.4) is 0 Å². The van der Waals surface area contributed by atoms with Gasteiger partial charge in [0.05, 0.1) is 31.4 Å². The molecule has 1 heterocycles. The summed E-state index contributed by atoms with van der Waals surface area (Å²) >= 11 is 11.9. The number of hydrogen-bond acceptors (Lipinski definition) is 8. The van der Waals surface area contributed by atoms with Crippen LogP contribution in [0.1, 0.15) is 0 Å². The molecule has 0 unspecified atom stereocenters. The van der Waals surface area contributed by atoms with Crippen molar-refractivity contribution >= 4 is 34.8 Å². The monoisotopic (exact) mass is 422 g/mol. The molecule has 0 aliphatic carbocycles. The third kappa shape index (κ3) is 4.47. The fourth-order valence-corrected chi connectivity index (χ4v) is 2.61. The van der Waals surface area contributed by atoms with Gasteiger partial charge in [0.15, 0.2) is 11.5 Å². The summed E-state index contributed by atoms with van der Waals surface area (Å²) < 4.78 is 21.6. The second-order valence-electron chi connectivity index (χ2n) is 5.31. The minimum atomic E-state index is 0.0864. The molecule has 0 bridgehead atoms. The molecule has 8 nitrogen and oxygen atoms in total. The van der Waals surface area contributed by atoms with E-state index in [1.165, 1.54) is 27.7 Å². The van der Waals surface area contributed by atoms with Crippen molar-refractivity contribution in [3.8, 4) is 29.0 Å². The molecule has 0 fully saturated rings. The smallest absolute Gasteiger partial charge is 0.326 e. The van der Waals surface area contributed by atoms with E-state index in [4.69, 9.17) is 42.1 Å². The molecule has 0 aliphatic rings. The van der Waals surface area contributed by atoms with E-state index < -0.39 is 0 Å². The number of anilines is 2. The first-order valence-corrected chi connectivity index (χ1v) is 8.68. The first kappa shape index (κ1) is 19.8. The maximum Gasteiger partial charge on any atom is 0.326 e. The number of hydrogen-bond donors (Lipinski definition) is 1. The summed E-state index contributed by atoms with van der Waals surface area (Å²) in [7, 11) is 4.60. The van der Waals surface area contributed by atoms with E-state index in [1.54, 1.807) is 30.3 Å². The minimum absolute atomic E-state index is 0.0864. The Kier molecular flexibility index (Phi) is 6.23. The van der Waals surface area contributed by atoms with Crippen LogP contribution in [0.4, 0.5) is 11.6 Å². The molecular weight excluding hydrogens is 407 g/mol. The number of rotatable bonds is 7. The highest BCUT2D eigenvalue weighted by Gasteiger charge is 2.14. The molecule has 1 N–H and O–H groups in total. The summed E-state index contributed by atoms with van der Waals surface area (Å²) in [4.78, 5) is 12.3. The molecule has 28 heavy (non-hydrogen) atoms. The zero-order chi connectivity index (χ0) is 20.1. The van der Waals surface area contributed by atoms with Crippen LogP contribution in [0.15, 0.2) is 36.7 Å². The number of ether oxygens (including phenoxy) is 4. The molecule has 0 atom stereocenters. The van der Waals surface area contributed by atoms with E-state index in [0.29, 0.717) is 38.7 Å². The second-order valence-corrected chi connectivity index (χ2v) is 6.12. The molecule has 0 radical (unpaired) electrons. The van der Waals surface area contributed by atoms with Gasteiger partial charge in [-0.1, -0.05) is 23.2 Å². The Morgan fingerprint density at radius 3 is 2.18 bits per heavy atom. The predicted octanol–water partition coefficient (Wildman–Crippen LogP) is 4.74. The summed E-state index contributed by atoms with van der Waals surface area (Å²) in [6, 6.07) is 8.39. The Morgan fingerprint density at radius 2 is 1.57 bits per heavy atom. The summed E-state index contributed by atoms with van der Waals surface area (Å²) in [6.45, 7) is 0. The number of benzene rings is 2. The standard InChI is InChI=1S/C18H16Cl2N4O4/c1-25-14-6-10(7-15(26-2)16(14)27-3)23-17-21-9-22-18(24-17)28-11-4-5-12(19)13(20)8-11/h4-9H,1-3H3,(H,21,22,23,24). The fourth-order valence-electron chi connectivity index (χ4n) is 2.32. The molecule has 0 saturated heterocycles. The molecule has 3 rings (SSSR count). The average Bonchev–Trinajstić information content (AvgIpc) is 2.70. The van der Waals surface area contributed by atoms with Gasteiger partial charge in [-0.05, 0) is 12.1 Å². The van der Waals surface area contributed by atoms with Crippen molar-refractivity contribution in [3.05, 3.63) is 46.7 Å². The first-order chi connectivity index (χ1) is 13.5. The van der Waals surface area contributed by atoms with E-state index >= 15 is 0 Å². The van der Waals surface area contributed by atoms with Gasteiger partial charge in [-0.25, -0.2) is 4.98 Å². The second kappa shape index (κ2) is 8.81. The molecule has 3 aromatic rings. The Balaban J connectivity index is 1.83. The van der Waals surface area contributed by atoms with E-state index in [2.05, 4.69) is 20.3 Å². The van der Waals surface area contributed by atoms with Gasteiger partial charge >= 0.3 is 6.01 Å². The third-order valence-corrected chi connectivity index (χ3v) is 4.31. The zero-order valence-corrected chi connectivity index (χ0v) is 16.7. The number of halogens is 2. The van der Waals surface area contributed by atoms with Gasteiger partial charge in [-0.2, -0.15) is 9.97 Å². The summed E-state index contributed by atoms with van der Waals surface area (Å²) in [6.07, 6.45) is 1.32. The van der Waals surface area contributed by atoms with Crippen LogP contribution in [-0.4, -0.2) is 36.3 Å². The van der Waals surface area contributed by atoms with E-state index in [1.807, 2.05) is 0 Å². The molecule has 1 aromatic heterocycles. The van der Waals surface area contributed by atoms with Crippen molar-refractivity contribution in [1.82, 2.24) is 15.0 Å². The van der Waals surface area contributed by atoms with Gasteiger partial charge in [0.1, 0.15) is 12.1 Å². The van der Waals surface area contributed by atoms with Crippen LogP contribution in [0.5, 0.6) is 29.0 Å². The molecule has 2 aromatic carbocycles. The number of methoxy groups -OCH3 is 3. The highest BCUT2D eigenvalue weighted by Crippen LogP contribution is 2.40. The maximum absolute atomic E-state index is 5.99. The highest BCUT2D eigenvalue weighted by molar-refractivity contribution is 6.42. The average molecular weight is 423 g/mol. The normalized spacial score (nSPS) is 10.3. The number of aromatic nitrogens is 3. The van der Waals surface area contributed by atoms with Crippen LogP contribution >= 0.6 is 23.2 Å². The van der Waals surface area contributed by atoms with Gasteiger partial charge in [0.2, 0.25) is 11.7 Å². The molecular formula is C18H16Cl2N4O4. The van der Waals surface area contributed by atoms with Crippen molar-refractivity contribution in [3.63, 3.8) is 0 Å². The molecule has 10 heteroatoms. The van der Waals surface area contributed by atoms with E-state index in [0.717, 1.165) is 0 Å². The van der Waals surface area contributed by atoms with Gasteiger partial charge in [0, 0.05) is 23.9 Å². The lowest BCUT2D eigenvalue weighted by Crippen LogP contribution is -2.02. The largest absolute Gasteiger partial charge is 0.493 e. The number of nitrogens with one attached hydrogen (secondary N) is 1. The number of nitrogens with zero attached hydrogens (tertiary/aromatic N) is 3. The summed E-state index contributed by atoms with van der Waals surface area (Å²) in [5.41, 5.74) is 0.626. The molecule has 0 saturated carbocycles. The predicted molar refractivity (Wildman–Crippen MR) is 106 cm³/mol. The third-order valence-electron chi connectivity index (χ3n) is 3.57. The zero-order valence-electron chi connectivity index (χ0n) is 15.2. The van der Waals surface area contributed by atoms with Crippen LogP contribution in [0.25, 0.3) is 0 Å². The van der Waals surface area contributed by atoms with Gasteiger partial charge in [-0.3, -0.25) is 0 Å². The van der Waals surface area contributed by atoms with Crippen molar-refractivity contribution in [2.24, 2.45) is 0 Å². The Labute approximate surface area is 171 Å².